The third kappa shape index (κ3) is 3.28. The van der Waals surface area contributed by atoms with Crippen molar-refractivity contribution in [1.29, 1.82) is 0 Å². The Morgan fingerprint density at radius 2 is 1.94 bits per heavy atom. The zero-order valence-corrected chi connectivity index (χ0v) is 21.0. The van der Waals surface area contributed by atoms with Crippen LogP contribution in [0.15, 0.2) is 48.5 Å². The number of nitrogens with zero attached hydrogens (tertiary/aromatic N) is 2. The van der Waals surface area contributed by atoms with Gasteiger partial charge in [0.15, 0.2) is 0 Å². The lowest BCUT2D eigenvalue weighted by molar-refractivity contribution is -0.0757. The van der Waals surface area contributed by atoms with Crippen LogP contribution in [0.25, 0.3) is 0 Å². The molecule has 0 amide bonds. The van der Waals surface area contributed by atoms with Crippen molar-refractivity contribution in [1.82, 2.24) is 9.21 Å². The molecule has 3 aliphatic carbocycles. The molecule has 1 N–H and O–H groups in total. The summed E-state index contributed by atoms with van der Waals surface area (Å²) in [7, 11) is -1.73. The molecule has 0 radical (unpaired) electrons. The van der Waals surface area contributed by atoms with Gasteiger partial charge >= 0.3 is 0 Å². The van der Waals surface area contributed by atoms with Crippen molar-refractivity contribution in [2.75, 3.05) is 20.1 Å². The van der Waals surface area contributed by atoms with Gasteiger partial charge in [0.05, 0.1) is 17.9 Å². The molecule has 186 valence electrons. The van der Waals surface area contributed by atoms with Crippen LogP contribution in [0, 0.1) is 11.8 Å². The van der Waals surface area contributed by atoms with Crippen LogP contribution in [-0.4, -0.2) is 67.2 Å². The van der Waals surface area contributed by atoms with Gasteiger partial charge in [0.25, 0.3) is 0 Å². The maximum Gasteiger partial charge on any atom is 0.218 e. The summed E-state index contributed by atoms with van der Waals surface area (Å²) in [6, 6.07) is 16.2. The Hall–Kier alpha value is -1.93. The van der Waals surface area contributed by atoms with Crippen molar-refractivity contribution in [2.24, 2.45) is 11.8 Å². The molecule has 1 spiro atoms. The molecule has 7 heteroatoms. The number of aliphatic hydroxyl groups excluding tert-OH is 1. The van der Waals surface area contributed by atoms with Crippen molar-refractivity contribution < 1.29 is 18.3 Å². The molecule has 7 atom stereocenters. The summed E-state index contributed by atoms with van der Waals surface area (Å²) in [5, 5.41) is 9.99. The van der Waals surface area contributed by atoms with Gasteiger partial charge in [-0.15, -0.1) is 0 Å². The van der Waals surface area contributed by atoms with E-state index in [2.05, 4.69) is 23.1 Å². The average molecular weight is 495 g/mol. The van der Waals surface area contributed by atoms with E-state index >= 15 is 0 Å². The van der Waals surface area contributed by atoms with Crippen LogP contribution in [0.5, 0.6) is 5.75 Å². The van der Waals surface area contributed by atoms with Crippen LogP contribution in [0.3, 0.4) is 0 Å². The molecule has 0 aromatic heterocycles. The summed E-state index contributed by atoms with van der Waals surface area (Å²) >= 11 is 0. The first-order chi connectivity index (χ1) is 16.9. The number of ether oxygens (including phenoxy) is 1. The number of piperidine rings is 1. The molecule has 2 heterocycles. The van der Waals surface area contributed by atoms with Crippen LogP contribution < -0.4 is 4.74 Å². The molecule has 2 unspecified atom stereocenters. The van der Waals surface area contributed by atoms with Gasteiger partial charge in [0.2, 0.25) is 10.0 Å². The molecule has 6 nitrogen and oxygen atoms in total. The fourth-order valence-corrected chi connectivity index (χ4v) is 9.44. The number of rotatable bonds is 6. The molecule has 35 heavy (non-hydrogen) atoms. The topological polar surface area (TPSA) is 70.1 Å². The standard InChI is InChI=1S/C28H34N2O4S/c1-29(35(32,33)17-18-6-3-2-4-7-18)22-11-10-21-23-14-19-8-5-9-25-26(19)28(21,27(22)34-25)12-13-30(23)16-20-15-24(20)31/h2-9,20-24,27,31H,10-17H2,1H3/t20?,21-,22+,23+,24?,27-,28-/m0/s1. The van der Waals surface area contributed by atoms with E-state index < -0.39 is 10.0 Å². The van der Waals surface area contributed by atoms with E-state index in [1.807, 2.05) is 30.3 Å². The number of sulfonamides is 1. The zero-order chi connectivity index (χ0) is 23.9. The Bertz CT molecular complexity index is 1250. The van der Waals surface area contributed by atoms with Gasteiger partial charge in [-0.2, -0.15) is 4.31 Å². The van der Waals surface area contributed by atoms with E-state index in [1.54, 1.807) is 11.4 Å². The van der Waals surface area contributed by atoms with E-state index in [9.17, 15) is 13.5 Å². The summed E-state index contributed by atoms with van der Waals surface area (Å²) in [4.78, 5) is 2.64. The highest BCUT2D eigenvalue weighted by atomic mass is 32.2. The van der Waals surface area contributed by atoms with Crippen molar-refractivity contribution in [3.05, 3.63) is 65.2 Å². The summed E-state index contributed by atoms with van der Waals surface area (Å²) in [6.45, 7) is 1.97. The number of benzene rings is 2. The van der Waals surface area contributed by atoms with E-state index in [0.29, 0.717) is 17.9 Å². The minimum atomic E-state index is -3.49. The Morgan fingerprint density at radius 3 is 2.71 bits per heavy atom. The third-order valence-electron chi connectivity index (χ3n) is 9.75. The lowest BCUT2D eigenvalue weighted by Crippen LogP contribution is -2.69. The van der Waals surface area contributed by atoms with Crippen molar-refractivity contribution >= 4 is 10.0 Å². The first-order valence-electron chi connectivity index (χ1n) is 13.1. The van der Waals surface area contributed by atoms with E-state index in [0.717, 1.165) is 56.5 Å². The first kappa shape index (κ1) is 22.3. The minimum absolute atomic E-state index is 0.0162. The predicted molar refractivity (Wildman–Crippen MR) is 134 cm³/mol. The van der Waals surface area contributed by atoms with Crippen LogP contribution in [0.2, 0.25) is 0 Å². The summed E-state index contributed by atoms with van der Waals surface area (Å²) in [5.74, 6) is 1.87. The van der Waals surface area contributed by atoms with E-state index in [1.165, 1.54) is 11.1 Å². The molecular formula is C28H34N2O4S. The highest BCUT2D eigenvalue weighted by molar-refractivity contribution is 7.88. The van der Waals surface area contributed by atoms with Gasteiger partial charge in [-0.25, -0.2) is 8.42 Å². The summed E-state index contributed by atoms with van der Waals surface area (Å²) in [5.41, 5.74) is 3.45. The Labute approximate surface area is 207 Å². The zero-order valence-electron chi connectivity index (χ0n) is 20.2. The first-order valence-corrected chi connectivity index (χ1v) is 14.7. The maximum absolute atomic E-state index is 13.5. The van der Waals surface area contributed by atoms with Crippen molar-refractivity contribution in [3.8, 4) is 5.75 Å². The second-order valence-corrected chi connectivity index (χ2v) is 13.5. The quantitative estimate of drug-likeness (QED) is 0.669. The number of aliphatic hydroxyl groups is 1. The number of hydrogen-bond acceptors (Lipinski definition) is 5. The number of likely N-dealkylation sites (N-methyl/N-ethyl adjacent to an activating group) is 1. The van der Waals surface area contributed by atoms with Crippen molar-refractivity contribution in [2.45, 2.75) is 67.6 Å². The van der Waals surface area contributed by atoms with Gasteiger partial charge in [0.1, 0.15) is 11.9 Å². The molecule has 2 bridgehead atoms. The summed E-state index contributed by atoms with van der Waals surface area (Å²) in [6.07, 6.45) is 4.51. The summed E-state index contributed by atoms with van der Waals surface area (Å²) < 4.78 is 35.5. The Balaban J connectivity index is 1.24. The van der Waals surface area contributed by atoms with Gasteiger partial charge in [0, 0.05) is 36.5 Å². The lowest BCUT2D eigenvalue weighted by atomic mass is 9.51. The molecule has 2 saturated carbocycles. The van der Waals surface area contributed by atoms with Gasteiger partial charge in [-0.3, -0.25) is 4.90 Å². The van der Waals surface area contributed by atoms with Crippen LogP contribution >= 0.6 is 0 Å². The second kappa shape index (κ2) is 7.78. The normalized spacial score (nSPS) is 37.1. The molecule has 5 aliphatic rings. The SMILES string of the molecule is CN([C@@H]1CC[C@H]2[C@H]3Cc4cccc5c4[C@@]2(CCN3CC2CC2O)[C@H]1O5)S(=O)(=O)Cc1ccccc1. The largest absolute Gasteiger partial charge is 0.487 e. The molecular weight excluding hydrogens is 460 g/mol. The highest BCUT2D eigenvalue weighted by Gasteiger charge is 2.66. The third-order valence-corrected chi connectivity index (χ3v) is 11.6. The molecule has 3 fully saturated rings. The smallest absolute Gasteiger partial charge is 0.218 e. The molecule has 1 saturated heterocycles. The fourth-order valence-electron chi connectivity index (χ4n) is 7.99. The predicted octanol–water partition coefficient (Wildman–Crippen LogP) is 2.94. The monoisotopic (exact) mass is 494 g/mol. The van der Waals surface area contributed by atoms with Gasteiger partial charge in [-0.1, -0.05) is 42.5 Å². The highest BCUT2D eigenvalue weighted by Crippen LogP contribution is 2.63. The van der Waals surface area contributed by atoms with E-state index in [4.69, 9.17) is 4.74 Å². The molecule has 2 aromatic rings. The van der Waals surface area contributed by atoms with Gasteiger partial charge < -0.3 is 9.84 Å². The minimum Gasteiger partial charge on any atom is -0.487 e. The van der Waals surface area contributed by atoms with E-state index in [-0.39, 0.29) is 29.4 Å². The average Bonchev–Trinajstić information content (AvgIpc) is 3.43. The lowest BCUT2D eigenvalue weighted by Gasteiger charge is -2.60. The number of hydrogen-bond donors (Lipinski definition) is 1. The Kier molecular flexibility index (Phi) is 4.95. The van der Waals surface area contributed by atoms with Crippen LogP contribution in [-0.2, 0) is 27.6 Å². The Morgan fingerprint density at radius 1 is 1.14 bits per heavy atom. The molecule has 2 aliphatic heterocycles. The van der Waals surface area contributed by atoms with Crippen molar-refractivity contribution in [3.63, 3.8) is 0 Å². The second-order valence-electron chi connectivity index (χ2n) is 11.5. The number of likely N-dealkylation sites (tertiary alicyclic amines) is 1. The van der Waals surface area contributed by atoms with Crippen LogP contribution in [0.4, 0.5) is 0 Å². The van der Waals surface area contributed by atoms with Crippen LogP contribution in [0.1, 0.15) is 42.4 Å². The van der Waals surface area contributed by atoms with Gasteiger partial charge in [-0.05, 0) is 61.8 Å². The fraction of sp³-hybridized carbons (Fsp3) is 0.571. The maximum atomic E-state index is 13.5. The molecule has 7 rings (SSSR count). The molecule has 2 aromatic carbocycles.